The first-order valence-corrected chi connectivity index (χ1v) is 8.23. The van der Waals surface area contributed by atoms with E-state index in [0.717, 1.165) is 13.2 Å². The lowest BCUT2D eigenvalue weighted by atomic mass is 10.2. The van der Waals surface area contributed by atoms with E-state index in [1.54, 1.807) is 13.0 Å². The molecule has 3 aromatic rings. The van der Waals surface area contributed by atoms with Gasteiger partial charge in [-0.3, -0.25) is 0 Å². The Morgan fingerprint density at radius 2 is 1.86 bits per heavy atom. The van der Waals surface area contributed by atoms with Gasteiger partial charge in [-0.15, -0.1) is 0 Å². The van der Waals surface area contributed by atoms with Gasteiger partial charge in [0.05, 0.1) is 24.4 Å². The zero-order chi connectivity index (χ0) is 21.0. The van der Waals surface area contributed by atoms with Crippen LogP contribution in [-0.2, 0) is 4.74 Å². The minimum absolute atomic E-state index is 0.251. The fourth-order valence-corrected chi connectivity index (χ4v) is 2.43. The molecule has 2 N–H and O–H groups in total. The first kappa shape index (κ1) is 19.8. The molecule has 12 heteroatoms. The number of hydrogen-bond donors (Lipinski definition) is 2. The predicted octanol–water partition coefficient (Wildman–Crippen LogP) is 2.00. The van der Waals surface area contributed by atoms with Crippen LogP contribution in [0.25, 0.3) is 5.95 Å². The van der Waals surface area contributed by atoms with Crippen molar-refractivity contribution >= 4 is 17.7 Å². The molecule has 3 rings (SSSR count). The number of rotatable bonds is 5. The van der Waals surface area contributed by atoms with Crippen LogP contribution >= 0.6 is 0 Å². The lowest BCUT2D eigenvalue weighted by Crippen LogP contribution is -2.33. The van der Waals surface area contributed by atoms with Gasteiger partial charge in [-0.25, -0.2) is 33.3 Å². The Bertz CT molecular complexity index is 1040. The Morgan fingerprint density at radius 3 is 2.55 bits per heavy atom. The monoisotopic (exact) mass is 403 g/mol. The lowest BCUT2D eigenvalue weighted by molar-refractivity contribution is 0.0595. The van der Waals surface area contributed by atoms with Crippen LogP contribution in [0.2, 0.25) is 0 Å². The van der Waals surface area contributed by atoms with Crippen LogP contribution in [-0.4, -0.2) is 43.8 Å². The Hall–Kier alpha value is -3.96. The number of methoxy groups -OCH3 is 1. The minimum atomic E-state index is -1.11. The molecule has 1 unspecified atom stereocenters. The predicted molar refractivity (Wildman–Crippen MR) is 95.2 cm³/mol. The number of anilines is 1. The number of esters is 1. The van der Waals surface area contributed by atoms with E-state index >= 15 is 0 Å². The minimum Gasteiger partial charge on any atom is -0.465 e. The summed E-state index contributed by atoms with van der Waals surface area (Å²) in [6.07, 6.45) is 4.31. The number of hydrogen-bond acceptors (Lipinski definition) is 7. The molecule has 1 atom stereocenters. The Balaban J connectivity index is 1.75. The normalized spacial score (nSPS) is 11.6. The molecule has 0 aliphatic heterocycles. The number of ether oxygens (including phenoxy) is 1. The highest BCUT2D eigenvalue weighted by atomic mass is 19.1. The second kappa shape index (κ2) is 8.37. The molecule has 29 heavy (non-hydrogen) atoms. The summed E-state index contributed by atoms with van der Waals surface area (Å²) in [5.41, 5.74) is -0.914. The average Bonchev–Trinajstić information content (AvgIpc) is 3.20. The van der Waals surface area contributed by atoms with E-state index in [0.29, 0.717) is 11.9 Å². The van der Waals surface area contributed by atoms with Gasteiger partial charge in [0.1, 0.15) is 18.0 Å². The second-order valence-corrected chi connectivity index (χ2v) is 5.70. The number of nitrogens with zero attached hydrogens (tertiary/aromatic N) is 5. The van der Waals surface area contributed by atoms with Crippen LogP contribution in [0.1, 0.15) is 29.1 Å². The summed E-state index contributed by atoms with van der Waals surface area (Å²) in [7, 11) is 1.05. The van der Waals surface area contributed by atoms with Crippen LogP contribution < -0.4 is 10.6 Å². The van der Waals surface area contributed by atoms with Gasteiger partial charge in [0, 0.05) is 18.5 Å². The first-order chi connectivity index (χ1) is 13.9. The first-order valence-electron chi connectivity index (χ1n) is 8.23. The van der Waals surface area contributed by atoms with Crippen LogP contribution in [0.3, 0.4) is 0 Å². The van der Waals surface area contributed by atoms with Crippen LogP contribution in [0.5, 0.6) is 0 Å². The number of carbonyl (C=O) groups is 2. The van der Waals surface area contributed by atoms with Crippen LogP contribution in [0, 0.1) is 11.6 Å². The van der Waals surface area contributed by atoms with E-state index in [1.165, 1.54) is 23.4 Å². The average molecular weight is 403 g/mol. The van der Waals surface area contributed by atoms with E-state index in [4.69, 9.17) is 0 Å². The van der Waals surface area contributed by atoms with Crippen LogP contribution in [0.4, 0.5) is 19.3 Å². The summed E-state index contributed by atoms with van der Waals surface area (Å²) in [6.45, 7) is 1.62. The number of carbonyl (C=O) groups excluding carboxylic acids is 2. The van der Waals surface area contributed by atoms with Crippen molar-refractivity contribution in [2.75, 3.05) is 12.4 Å². The zero-order valence-corrected chi connectivity index (χ0v) is 15.3. The Kier molecular flexibility index (Phi) is 5.71. The summed E-state index contributed by atoms with van der Waals surface area (Å²) in [4.78, 5) is 36.0. The van der Waals surface area contributed by atoms with E-state index in [1.807, 2.05) is 0 Å². The molecule has 2 aromatic heterocycles. The van der Waals surface area contributed by atoms with E-state index in [-0.39, 0.29) is 5.95 Å². The lowest BCUT2D eigenvalue weighted by Gasteiger charge is -2.15. The maximum atomic E-state index is 14.0. The third-order valence-corrected chi connectivity index (χ3v) is 3.76. The highest BCUT2D eigenvalue weighted by Crippen LogP contribution is 2.21. The molecule has 0 saturated heterocycles. The molecule has 0 aliphatic carbocycles. The zero-order valence-electron chi connectivity index (χ0n) is 15.3. The molecule has 2 amide bonds. The number of benzene rings is 1. The second-order valence-electron chi connectivity index (χ2n) is 5.70. The van der Waals surface area contributed by atoms with Crippen LogP contribution in [0.15, 0.2) is 36.9 Å². The third kappa shape index (κ3) is 4.31. The van der Waals surface area contributed by atoms with Crippen molar-refractivity contribution in [2.24, 2.45) is 0 Å². The Labute approximate surface area is 163 Å². The van der Waals surface area contributed by atoms with Crippen molar-refractivity contribution in [1.82, 2.24) is 30.0 Å². The molecular weight excluding hydrogens is 388 g/mol. The maximum absolute atomic E-state index is 14.0. The highest BCUT2D eigenvalue weighted by molar-refractivity contribution is 5.94. The van der Waals surface area contributed by atoms with Crippen molar-refractivity contribution in [1.29, 1.82) is 0 Å². The van der Waals surface area contributed by atoms with Gasteiger partial charge < -0.3 is 15.4 Å². The topological polar surface area (TPSA) is 124 Å². The van der Waals surface area contributed by atoms with Gasteiger partial charge >= 0.3 is 12.0 Å². The quantitative estimate of drug-likeness (QED) is 0.625. The van der Waals surface area contributed by atoms with Crippen molar-refractivity contribution < 1.29 is 23.1 Å². The molecule has 0 radical (unpaired) electrons. The van der Waals surface area contributed by atoms with Crippen molar-refractivity contribution in [3.8, 4) is 5.95 Å². The molecule has 0 spiro atoms. The third-order valence-electron chi connectivity index (χ3n) is 3.76. The summed E-state index contributed by atoms with van der Waals surface area (Å²) in [6, 6.07) is 1.47. The highest BCUT2D eigenvalue weighted by Gasteiger charge is 2.21. The van der Waals surface area contributed by atoms with Crippen molar-refractivity contribution in [2.45, 2.75) is 13.0 Å². The fourth-order valence-electron chi connectivity index (χ4n) is 2.43. The van der Waals surface area contributed by atoms with E-state index < -0.39 is 40.9 Å². The number of amides is 2. The molecular formula is C17H15F2N7O3. The summed E-state index contributed by atoms with van der Waals surface area (Å²) in [5.74, 6) is -2.60. The number of nitrogens with one attached hydrogen (secondary N) is 2. The summed E-state index contributed by atoms with van der Waals surface area (Å²) in [5, 5.41) is 8.78. The largest absolute Gasteiger partial charge is 0.465 e. The molecule has 1 aromatic carbocycles. The van der Waals surface area contributed by atoms with Gasteiger partial charge in [-0.2, -0.15) is 9.78 Å². The maximum Gasteiger partial charge on any atom is 0.340 e. The molecule has 0 fully saturated rings. The molecule has 0 bridgehead atoms. The van der Waals surface area contributed by atoms with E-state index in [9.17, 15) is 18.4 Å². The fraction of sp³-hybridized carbons (Fsp3) is 0.176. The number of halogens is 2. The van der Waals surface area contributed by atoms with Gasteiger partial charge in [-0.1, -0.05) is 0 Å². The standard InChI is InChI=1S/C17H15F2N7O3/c1-9(14-22-8-23-26(14)16-20-4-3-5-21-16)24-17(28)25-13-6-10(15(27)29-2)11(18)7-12(13)19/h3-9H,1-2H3,(H2,24,25,28). The number of urea groups is 1. The molecule has 0 aliphatic rings. The Morgan fingerprint density at radius 1 is 1.14 bits per heavy atom. The molecule has 0 saturated carbocycles. The SMILES string of the molecule is COC(=O)c1cc(NC(=O)NC(C)c2ncnn2-c2ncccn2)c(F)cc1F. The smallest absolute Gasteiger partial charge is 0.340 e. The van der Waals surface area contributed by atoms with Gasteiger partial charge in [-0.05, 0) is 19.1 Å². The summed E-state index contributed by atoms with van der Waals surface area (Å²) < 4.78 is 33.4. The molecule has 150 valence electrons. The van der Waals surface area contributed by atoms with Gasteiger partial charge in [0.25, 0.3) is 5.95 Å². The van der Waals surface area contributed by atoms with Crippen molar-refractivity contribution in [3.63, 3.8) is 0 Å². The van der Waals surface area contributed by atoms with Crippen molar-refractivity contribution in [3.05, 3.63) is 59.9 Å². The number of aromatic nitrogens is 5. The van der Waals surface area contributed by atoms with Gasteiger partial charge in [0.2, 0.25) is 0 Å². The summed E-state index contributed by atoms with van der Waals surface area (Å²) >= 11 is 0. The molecule has 10 nitrogen and oxygen atoms in total. The van der Waals surface area contributed by atoms with E-state index in [2.05, 4.69) is 35.4 Å². The molecule has 2 heterocycles. The van der Waals surface area contributed by atoms with Gasteiger partial charge in [0.15, 0.2) is 5.82 Å².